The number of methoxy groups -OCH3 is 1. The highest BCUT2D eigenvalue weighted by atomic mass is 79.9. The van der Waals surface area contributed by atoms with Crippen molar-refractivity contribution in [1.82, 2.24) is 9.78 Å². The van der Waals surface area contributed by atoms with Crippen molar-refractivity contribution < 1.29 is 9.84 Å². The van der Waals surface area contributed by atoms with Crippen molar-refractivity contribution in [2.24, 2.45) is 7.05 Å². The monoisotopic (exact) mass is 311 g/mol. The molecule has 1 aromatic heterocycles. The van der Waals surface area contributed by atoms with E-state index >= 15 is 0 Å². The molecule has 0 aliphatic heterocycles. The van der Waals surface area contributed by atoms with Crippen molar-refractivity contribution in [3.8, 4) is 5.75 Å². The lowest BCUT2D eigenvalue weighted by Crippen LogP contribution is -2.10. The molecular formula is C12H14BrN3O2. The zero-order valence-electron chi connectivity index (χ0n) is 10.1. The van der Waals surface area contributed by atoms with Crippen LogP contribution in [0.3, 0.4) is 0 Å². The average molecular weight is 312 g/mol. The Morgan fingerprint density at radius 3 is 2.89 bits per heavy atom. The highest BCUT2D eigenvalue weighted by molar-refractivity contribution is 9.10. The van der Waals surface area contributed by atoms with Crippen LogP contribution in [-0.2, 0) is 7.05 Å². The molecule has 96 valence electrons. The first kappa shape index (κ1) is 12.9. The number of halogens is 1. The van der Waals surface area contributed by atoms with Crippen LogP contribution < -0.4 is 10.5 Å². The van der Waals surface area contributed by atoms with E-state index < -0.39 is 6.10 Å². The van der Waals surface area contributed by atoms with Gasteiger partial charge in [-0.3, -0.25) is 4.68 Å². The second kappa shape index (κ2) is 4.99. The fourth-order valence-electron chi connectivity index (χ4n) is 1.83. The quantitative estimate of drug-likeness (QED) is 0.849. The molecule has 1 heterocycles. The smallest absolute Gasteiger partial charge is 0.162 e. The second-order valence-electron chi connectivity index (χ2n) is 3.90. The van der Waals surface area contributed by atoms with Crippen molar-refractivity contribution >= 4 is 21.6 Å². The molecule has 2 rings (SSSR count). The summed E-state index contributed by atoms with van der Waals surface area (Å²) in [6.45, 7) is 0. The zero-order chi connectivity index (χ0) is 13.3. The number of nitrogen functional groups attached to an aromatic ring is 1. The lowest BCUT2D eigenvalue weighted by molar-refractivity contribution is 0.205. The van der Waals surface area contributed by atoms with Gasteiger partial charge in [0.2, 0.25) is 0 Å². The van der Waals surface area contributed by atoms with Gasteiger partial charge in [0.15, 0.2) is 5.75 Å². The molecule has 1 atom stereocenters. The molecule has 0 fully saturated rings. The number of nitrogens with zero attached hydrogens (tertiary/aromatic N) is 2. The molecule has 3 N–H and O–H groups in total. The highest BCUT2D eigenvalue weighted by Gasteiger charge is 2.22. The van der Waals surface area contributed by atoms with Crippen molar-refractivity contribution in [3.63, 3.8) is 0 Å². The molecule has 0 radical (unpaired) electrons. The Morgan fingerprint density at radius 2 is 2.22 bits per heavy atom. The average Bonchev–Trinajstić information content (AvgIpc) is 2.72. The molecule has 0 saturated carbocycles. The van der Waals surface area contributed by atoms with Crippen molar-refractivity contribution in [3.05, 3.63) is 40.1 Å². The summed E-state index contributed by atoms with van der Waals surface area (Å²) >= 11 is 3.36. The van der Waals surface area contributed by atoms with E-state index in [0.717, 1.165) is 4.47 Å². The fraction of sp³-hybridized carbons (Fsp3) is 0.250. The number of hydrogen-bond donors (Lipinski definition) is 2. The van der Waals surface area contributed by atoms with Crippen LogP contribution in [0.15, 0.2) is 28.9 Å². The Morgan fingerprint density at radius 1 is 1.50 bits per heavy atom. The Bertz CT molecular complexity index is 568. The minimum absolute atomic E-state index is 0.522. The van der Waals surface area contributed by atoms with Gasteiger partial charge in [0.25, 0.3) is 0 Å². The molecule has 2 aromatic rings. The maximum atomic E-state index is 10.4. The molecule has 0 saturated heterocycles. The number of anilines is 1. The third-order valence-electron chi connectivity index (χ3n) is 2.77. The standard InChI is InChI=1S/C12H14BrN3O2/c1-16-11(10(18-2)6-15-16)12(17)8-5-7(13)3-4-9(8)14/h3-6,12,17H,14H2,1-2H3. The van der Waals surface area contributed by atoms with Gasteiger partial charge in [-0.15, -0.1) is 0 Å². The highest BCUT2D eigenvalue weighted by Crippen LogP contribution is 2.33. The molecular weight excluding hydrogens is 298 g/mol. The van der Waals surface area contributed by atoms with Crippen LogP contribution in [0.5, 0.6) is 5.75 Å². The lowest BCUT2D eigenvalue weighted by atomic mass is 10.0. The summed E-state index contributed by atoms with van der Waals surface area (Å²) in [5, 5.41) is 14.5. The van der Waals surface area contributed by atoms with E-state index in [1.54, 1.807) is 30.1 Å². The SMILES string of the molecule is COc1cnn(C)c1C(O)c1cc(Br)ccc1N. The molecule has 0 bridgehead atoms. The minimum Gasteiger partial charge on any atom is -0.493 e. The lowest BCUT2D eigenvalue weighted by Gasteiger charge is -2.15. The molecule has 1 aromatic carbocycles. The number of aryl methyl sites for hydroxylation is 1. The van der Waals surface area contributed by atoms with Gasteiger partial charge in [0.1, 0.15) is 11.8 Å². The van der Waals surface area contributed by atoms with Gasteiger partial charge in [0.05, 0.1) is 13.3 Å². The zero-order valence-corrected chi connectivity index (χ0v) is 11.7. The summed E-state index contributed by atoms with van der Waals surface area (Å²) in [4.78, 5) is 0. The van der Waals surface area contributed by atoms with Crippen LogP contribution in [0.4, 0.5) is 5.69 Å². The molecule has 5 nitrogen and oxygen atoms in total. The summed E-state index contributed by atoms with van der Waals surface area (Å²) in [6.07, 6.45) is 0.678. The number of benzene rings is 1. The van der Waals surface area contributed by atoms with Gasteiger partial charge >= 0.3 is 0 Å². The first-order chi connectivity index (χ1) is 8.54. The summed E-state index contributed by atoms with van der Waals surface area (Å²) in [5.41, 5.74) is 7.60. The van der Waals surface area contributed by atoms with E-state index in [2.05, 4.69) is 21.0 Å². The molecule has 0 amide bonds. The largest absolute Gasteiger partial charge is 0.493 e. The topological polar surface area (TPSA) is 73.3 Å². The van der Waals surface area contributed by atoms with Crippen LogP contribution in [0.2, 0.25) is 0 Å². The van der Waals surface area contributed by atoms with Gasteiger partial charge in [0, 0.05) is 22.8 Å². The van der Waals surface area contributed by atoms with Crippen LogP contribution in [-0.4, -0.2) is 22.0 Å². The van der Waals surface area contributed by atoms with Gasteiger partial charge in [-0.2, -0.15) is 5.10 Å². The third kappa shape index (κ3) is 2.21. The predicted molar refractivity (Wildman–Crippen MR) is 72.4 cm³/mol. The number of rotatable bonds is 3. The van der Waals surface area contributed by atoms with E-state index in [0.29, 0.717) is 22.7 Å². The normalized spacial score (nSPS) is 12.4. The van der Waals surface area contributed by atoms with E-state index in [1.807, 2.05) is 6.07 Å². The van der Waals surface area contributed by atoms with Crippen molar-refractivity contribution in [2.75, 3.05) is 12.8 Å². The van der Waals surface area contributed by atoms with Crippen molar-refractivity contribution in [1.29, 1.82) is 0 Å². The van der Waals surface area contributed by atoms with Gasteiger partial charge in [-0.25, -0.2) is 0 Å². The van der Waals surface area contributed by atoms with Crippen LogP contribution >= 0.6 is 15.9 Å². The summed E-state index contributed by atoms with van der Waals surface area (Å²) in [6, 6.07) is 5.35. The predicted octanol–water partition coefficient (Wildman–Crippen LogP) is 1.86. The van der Waals surface area contributed by atoms with Crippen LogP contribution in [0.1, 0.15) is 17.4 Å². The second-order valence-corrected chi connectivity index (χ2v) is 4.81. The number of aromatic nitrogens is 2. The number of nitrogens with two attached hydrogens (primary N) is 1. The molecule has 18 heavy (non-hydrogen) atoms. The Labute approximate surface area is 113 Å². The first-order valence-corrected chi connectivity index (χ1v) is 6.12. The number of aliphatic hydroxyl groups is 1. The maximum absolute atomic E-state index is 10.4. The van der Waals surface area contributed by atoms with Crippen LogP contribution in [0, 0.1) is 0 Å². The van der Waals surface area contributed by atoms with E-state index in [9.17, 15) is 5.11 Å². The Balaban J connectivity index is 2.50. The Kier molecular flexibility index (Phi) is 3.58. The van der Waals surface area contributed by atoms with Gasteiger partial charge in [-0.05, 0) is 18.2 Å². The van der Waals surface area contributed by atoms with Crippen molar-refractivity contribution in [2.45, 2.75) is 6.10 Å². The number of ether oxygens (including phenoxy) is 1. The van der Waals surface area contributed by atoms with Crippen LogP contribution in [0.25, 0.3) is 0 Å². The fourth-order valence-corrected chi connectivity index (χ4v) is 2.20. The van der Waals surface area contributed by atoms with Gasteiger partial charge in [-0.1, -0.05) is 15.9 Å². The molecule has 0 aliphatic carbocycles. The number of aliphatic hydroxyl groups excluding tert-OH is 1. The first-order valence-electron chi connectivity index (χ1n) is 5.33. The molecule has 1 unspecified atom stereocenters. The minimum atomic E-state index is -0.884. The molecule has 6 heteroatoms. The molecule has 0 spiro atoms. The summed E-state index contributed by atoms with van der Waals surface area (Å²) < 4.78 is 7.61. The Hall–Kier alpha value is -1.53. The number of hydrogen-bond acceptors (Lipinski definition) is 4. The maximum Gasteiger partial charge on any atom is 0.162 e. The van der Waals surface area contributed by atoms with E-state index in [4.69, 9.17) is 10.5 Å². The molecule has 0 aliphatic rings. The summed E-state index contributed by atoms with van der Waals surface area (Å²) in [5.74, 6) is 0.532. The van der Waals surface area contributed by atoms with E-state index in [1.165, 1.54) is 7.11 Å². The van der Waals surface area contributed by atoms with E-state index in [-0.39, 0.29) is 0 Å². The third-order valence-corrected chi connectivity index (χ3v) is 3.26. The summed E-state index contributed by atoms with van der Waals surface area (Å²) in [7, 11) is 3.28. The van der Waals surface area contributed by atoms with Gasteiger partial charge < -0.3 is 15.6 Å².